The van der Waals surface area contributed by atoms with Gasteiger partial charge in [-0.15, -0.1) is 0 Å². The number of benzene rings is 1. The quantitative estimate of drug-likeness (QED) is 0.196. The molecule has 10 nitrogen and oxygen atoms in total. The van der Waals surface area contributed by atoms with E-state index in [0.717, 1.165) is 68.1 Å². The van der Waals surface area contributed by atoms with E-state index in [4.69, 9.17) is 24.2 Å². The molecular weight excluding hydrogens is 644 g/mol. The summed E-state index contributed by atoms with van der Waals surface area (Å²) in [5.41, 5.74) is 13.9. The summed E-state index contributed by atoms with van der Waals surface area (Å²) in [7, 11) is 4.57. The number of carbonyl (C=O) groups excluding carboxylic acids is 3. The highest BCUT2D eigenvalue weighted by Gasteiger charge is 2.39. The minimum Gasteiger partial charge on any atom is -0.497 e. The molecule has 2 N–H and O–H groups in total. The monoisotopic (exact) mass is 684 g/mol. The number of H-pyrrole nitrogens is 2. The molecule has 0 amide bonds. The zero-order valence-electron chi connectivity index (χ0n) is 30.1. The van der Waals surface area contributed by atoms with Gasteiger partial charge in [0.2, 0.25) is 0 Å². The van der Waals surface area contributed by atoms with Gasteiger partial charge in [-0.2, -0.15) is 0 Å². The Kier molecular flexibility index (Phi) is 7.55. The first-order valence-corrected chi connectivity index (χ1v) is 17.4. The van der Waals surface area contributed by atoms with E-state index < -0.39 is 0 Å². The third kappa shape index (κ3) is 4.65. The minimum absolute atomic E-state index is 0.0357. The van der Waals surface area contributed by atoms with Gasteiger partial charge in [0.1, 0.15) is 11.5 Å². The van der Waals surface area contributed by atoms with Crippen LogP contribution in [0.3, 0.4) is 0 Å². The van der Waals surface area contributed by atoms with Crippen molar-refractivity contribution in [2.75, 3.05) is 21.3 Å². The molecule has 2 aromatic heterocycles. The van der Waals surface area contributed by atoms with Crippen LogP contribution < -0.4 is 9.47 Å². The first-order chi connectivity index (χ1) is 24.5. The van der Waals surface area contributed by atoms with Crippen molar-refractivity contribution in [1.29, 1.82) is 0 Å². The van der Waals surface area contributed by atoms with Crippen molar-refractivity contribution in [3.05, 3.63) is 80.7 Å². The largest absolute Gasteiger partial charge is 0.497 e. The highest BCUT2D eigenvalue weighted by Crippen LogP contribution is 2.51. The van der Waals surface area contributed by atoms with Crippen LogP contribution in [-0.2, 0) is 20.7 Å². The Bertz CT molecular complexity index is 2410. The predicted molar refractivity (Wildman–Crippen MR) is 195 cm³/mol. The summed E-state index contributed by atoms with van der Waals surface area (Å²) in [5.74, 6) is 0.525. The number of nitrogens with one attached hydrogen (secondary N) is 2. The average Bonchev–Trinajstić information content (AvgIpc) is 3.89. The lowest BCUT2D eigenvalue weighted by molar-refractivity contribution is -0.140. The van der Waals surface area contributed by atoms with Crippen molar-refractivity contribution in [3.63, 3.8) is 0 Å². The van der Waals surface area contributed by atoms with Crippen LogP contribution in [0.15, 0.2) is 24.3 Å². The fraction of sp³-hybridized carbons (Fsp3) is 0.341. The van der Waals surface area contributed by atoms with Crippen LogP contribution in [0.2, 0.25) is 0 Å². The molecule has 51 heavy (non-hydrogen) atoms. The molecule has 10 heteroatoms. The summed E-state index contributed by atoms with van der Waals surface area (Å²) >= 11 is 0. The van der Waals surface area contributed by atoms with Gasteiger partial charge in [0.05, 0.1) is 55.2 Å². The van der Waals surface area contributed by atoms with E-state index >= 15 is 0 Å². The SMILES string of the molecule is CCC1=C(C)c2nc1cc1nc3c(c4[nH]c(cc5[nH]c6c(c5C)C(=O)c5cc(OC)cc(OC)c5-c26)[C@@H](C)[C@@H]4CCC(=O)OC)CC(=O)C3=C1C. The van der Waals surface area contributed by atoms with Crippen LogP contribution in [0.25, 0.3) is 44.5 Å². The molecule has 5 aliphatic rings. The van der Waals surface area contributed by atoms with E-state index in [9.17, 15) is 14.4 Å². The summed E-state index contributed by atoms with van der Waals surface area (Å²) < 4.78 is 16.6. The van der Waals surface area contributed by atoms with Crippen LogP contribution in [0.4, 0.5) is 0 Å². The molecule has 0 spiro atoms. The van der Waals surface area contributed by atoms with Gasteiger partial charge < -0.3 is 24.2 Å². The highest BCUT2D eigenvalue weighted by atomic mass is 16.5. The summed E-state index contributed by atoms with van der Waals surface area (Å²) in [6, 6.07) is 7.63. The number of allylic oxidation sites excluding steroid dienone is 4. The number of hydrogen-bond acceptors (Lipinski definition) is 8. The second-order valence-corrected chi connectivity index (χ2v) is 13.9. The fourth-order valence-corrected chi connectivity index (χ4v) is 8.62. The summed E-state index contributed by atoms with van der Waals surface area (Å²) in [6.45, 7) is 10.2. The maximum Gasteiger partial charge on any atom is 0.305 e. The number of aryl methyl sites for hydroxylation is 1. The maximum absolute atomic E-state index is 14.5. The first-order valence-electron chi connectivity index (χ1n) is 17.4. The van der Waals surface area contributed by atoms with Crippen LogP contribution >= 0.6 is 0 Å². The van der Waals surface area contributed by atoms with Crippen molar-refractivity contribution < 1.29 is 28.6 Å². The van der Waals surface area contributed by atoms with Gasteiger partial charge in [-0.25, -0.2) is 9.97 Å². The molecule has 0 saturated heterocycles. The molecule has 5 heterocycles. The van der Waals surface area contributed by atoms with Gasteiger partial charge in [-0.1, -0.05) is 13.8 Å². The normalized spacial score (nSPS) is 18.0. The van der Waals surface area contributed by atoms with Gasteiger partial charge in [-0.3, -0.25) is 14.4 Å². The van der Waals surface area contributed by atoms with Crippen molar-refractivity contribution in [1.82, 2.24) is 19.9 Å². The van der Waals surface area contributed by atoms with E-state index in [0.29, 0.717) is 57.1 Å². The van der Waals surface area contributed by atoms with Gasteiger partial charge in [-0.05, 0) is 74.1 Å². The standard InChI is InChI=1S/C41H40N4O6/c1-9-22-18(3)37-36-35-24(12-21(49-6)13-31(35)50-7)41(48)34-20(5)27(44-40(34)36)15-26-17(2)23(10-11-32(47)51-8)38(42-26)25-14-30(46)33-19(4)28(43-39(25)33)16-29(22)45-37/h12-13,15-17,23,42,44H,9-11,14H2,1-8H3/t17-,23-/m0/s1. The van der Waals surface area contributed by atoms with Crippen LogP contribution in [0.5, 0.6) is 11.5 Å². The number of nitrogens with zero attached hydrogens (tertiary/aromatic N) is 2. The number of esters is 1. The Morgan fingerprint density at radius 1 is 0.902 bits per heavy atom. The van der Waals surface area contributed by atoms with Gasteiger partial charge in [0.25, 0.3) is 0 Å². The number of rotatable bonds is 6. The summed E-state index contributed by atoms with van der Waals surface area (Å²) in [6.07, 6.45) is 1.72. The molecule has 3 aliphatic heterocycles. The Hall–Kier alpha value is -5.51. The van der Waals surface area contributed by atoms with Crippen LogP contribution in [-0.4, -0.2) is 58.8 Å². The van der Waals surface area contributed by atoms with E-state index in [1.165, 1.54) is 7.11 Å². The number of methoxy groups -OCH3 is 3. The zero-order valence-corrected chi connectivity index (χ0v) is 30.1. The molecule has 3 aromatic rings. The third-order valence-corrected chi connectivity index (χ3v) is 11.4. The van der Waals surface area contributed by atoms with Gasteiger partial charge >= 0.3 is 5.97 Å². The summed E-state index contributed by atoms with van der Waals surface area (Å²) in [4.78, 5) is 58.4. The Morgan fingerprint density at radius 2 is 1.67 bits per heavy atom. The topological polar surface area (TPSA) is 136 Å². The number of ether oxygens (including phenoxy) is 3. The second-order valence-electron chi connectivity index (χ2n) is 13.9. The van der Waals surface area contributed by atoms with E-state index in [-0.39, 0.29) is 42.2 Å². The number of aromatic amines is 2. The molecule has 260 valence electrons. The number of hydrogen-bond donors (Lipinski definition) is 2. The van der Waals surface area contributed by atoms with E-state index in [1.54, 1.807) is 26.4 Å². The Morgan fingerprint density at radius 3 is 2.37 bits per heavy atom. The first kappa shape index (κ1) is 32.7. The number of Topliss-reactive ketones (excluding diaryl/α,β-unsaturated/α-hetero) is 1. The zero-order chi connectivity index (χ0) is 36.0. The number of aromatic nitrogens is 4. The maximum atomic E-state index is 14.5. The summed E-state index contributed by atoms with van der Waals surface area (Å²) in [5, 5.41) is 0. The molecule has 0 saturated carbocycles. The lowest BCUT2D eigenvalue weighted by atomic mass is 9.84. The van der Waals surface area contributed by atoms with E-state index in [2.05, 4.69) is 36.8 Å². The van der Waals surface area contributed by atoms with E-state index in [1.807, 2.05) is 19.9 Å². The van der Waals surface area contributed by atoms with Crippen molar-refractivity contribution in [3.8, 4) is 22.6 Å². The molecule has 1 aromatic carbocycles. The lowest BCUT2D eigenvalue weighted by Crippen LogP contribution is -2.12. The third-order valence-electron chi connectivity index (χ3n) is 11.4. The molecule has 8 rings (SSSR count). The molecular formula is C41H40N4O6. The molecule has 0 fully saturated rings. The fourth-order valence-electron chi connectivity index (χ4n) is 8.62. The Labute approximate surface area is 295 Å². The van der Waals surface area contributed by atoms with Crippen molar-refractivity contribution in [2.45, 2.75) is 72.1 Å². The second kappa shape index (κ2) is 11.8. The average molecular weight is 685 g/mol. The predicted octanol–water partition coefficient (Wildman–Crippen LogP) is 7.81. The molecule has 0 unspecified atom stereocenters. The van der Waals surface area contributed by atoms with Crippen molar-refractivity contribution in [2.24, 2.45) is 0 Å². The number of ketones is 2. The molecule has 8 bridgehead atoms. The number of carbonyl (C=O) groups is 3. The van der Waals surface area contributed by atoms with Crippen LogP contribution in [0, 0.1) is 6.92 Å². The molecule has 2 atom stereocenters. The Balaban J connectivity index is 1.55. The molecule has 0 radical (unpaired) electrons. The van der Waals surface area contributed by atoms with Gasteiger partial charge in [0.15, 0.2) is 11.6 Å². The van der Waals surface area contributed by atoms with Crippen LogP contribution in [0.1, 0.15) is 120 Å². The minimum atomic E-state index is -0.283. The number of fused-ring (bicyclic) bond motifs is 10. The lowest BCUT2D eigenvalue weighted by Gasteiger charge is -2.21. The smallest absolute Gasteiger partial charge is 0.305 e. The van der Waals surface area contributed by atoms with Gasteiger partial charge in [0, 0.05) is 75.5 Å². The highest BCUT2D eigenvalue weighted by molar-refractivity contribution is 6.32. The van der Waals surface area contributed by atoms with Crippen molar-refractivity contribution >= 4 is 50.9 Å². The molecule has 2 aliphatic carbocycles.